The summed E-state index contributed by atoms with van der Waals surface area (Å²) in [6.07, 6.45) is -0.118. The summed E-state index contributed by atoms with van der Waals surface area (Å²) in [4.78, 5) is 0. The van der Waals surface area contributed by atoms with Crippen LogP contribution in [0.3, 0.4) is 0 Å². The molecule has 0 amide bonds. The van der Waals surface area contributed by atoms with Crippen LogP contribution < -0.4 is 0 Å². The highest BCUT2D eigenvalue weighted by Gasteiger charge is 2.48. The van der Waals surface area contributed by atoms with E-state index in [0.717, 1.165) is 33.3 Å². The van der Waals surface area contributed by atoms with Crippen LogP contribution in [-0.4, -0.2) is 34.1 Å². The molecule has 0 spiro atoms. The largest absolute Gasteiger partial charge is 0.370 e. The van der Waals surface area contributed by atoms with Crippen molar-refractivity contribution < 1.29 is 32.1 Å². The molecule has 5 aromatic rings. The van der Waals surface area contributed by atoms with Gasteiger partial charge in [-0.3, -0.25) is 0 Å². The lowest BCUT2D eigenvalue weighted by atomic mass is 9.89. The molecule has 0 bridgehead atoms. The summed E-state index contributed by atoms with van der Waals surface area (Å²) in [6.45, 7) is 0.395. The van der Waals surface area contributed by atoms with Gasteiger partial charge < -0.3 is 18.9 Å². The molecule has 1 aliphatic heterocycles. The summed E-state index contributed by atoms with van der Waals surface area (Å²) in [5.41, 5.74) is 3.01. The van der Waals surface area contributed by atoms with Crippen LogP contribution in [-0.2, 0) is 38.8 Å². The lowest BCUT2D eigenvalue weighted by Gasteiger charge is -2.42. The zero-order valence-corrected chi connectivity index (χ0v) is 29.4. The third kappa shape index (κ3) is 8.66. The topological polar surface area (TPSA) is 78.5 Å². The molecule has 49 heavy (non-hydrogen) atoms. The molecule has 7 nitrogen and oxygen atoms in total. The number of hydrogen-bond acceptors (Lipinski definition) is 6. The quantitative estimate of drug-likeness (QED) is 0.100. The smallest absolute Gasteiger partial charge is 0.311 e. The first-order valence-electron chi connectivity index (χ1n) is 15.1. The summed E-state index contributed by atoms with van der Waals surface area (Å²) < 4.78 is 69.1. The van der Waals surface area contributed by atoms with E-state index in [1.165, 1.54) is 0 Å². The van der Waals surface area contributed by atoms with E-state index in [1.807, 2.05) is 30.3 Å². The Labute approximate surface area is 303 Å². The number of nitrogens with one attached hydrogen (secondary N) is 1. The molecule has 0 radical (unpaired) electrons. The van der Waals surface area contributed by atoms with Gasteiger partial charge >= 0.3 is 5.97 Å². The van der Waals surface area contributed by atoms with Gasteiger partial charge in [-0.15, -0.1) is 0 Å². The SMILES string of the molecule is Fc1cc(-c2n[nH]nc2C2CCOC(C(OCc3ccc(Cl)cc3)(OCc3ccc(Cl)cc3)OCc3ccc(Cl)cc3Br)C2)cc(F)c1F. The number of ether oxygens (including phenoxy) is 4. The van der Waals surface area contributed by atoms with Gasteiger partial charge in [0.05, 0.1) is 25.5 Å². The Hall–Kier alpha value is -3.00. The first-order valence-corrected chi connectivity index (χ1v) is 17.0. The fourth-order valence-electron chi connectivity index (χ4n) is 5.47. The van der Waals surface area contributed by atoms with Gasteiger partial charge in [-0.05, 0) is 78.1 Å². The van der Waals surface area contributed by atoms with Crippen LogP contribution >= 0.6 is 50.7 Å². The van der Waals surface area contributed by atoms with Crippen molar-refractivity contribution in [3.8, 4) is 11.3 Å². The molecule has 256 valence electrons. The van der Waals surface area contributed by atoms with Gasteiger partial charge in [-0.2, -0.15) is 15.4 Å². The third-order valence-corrected chi connectivity index (χ3v) is 9.52. The molecule has 14 heteroatoms. The number of H-pyrrole nitrogens is 1. The Bertz CT molecular complexity index is 1830. The Kier molecular flexibility index (Phi) is 11.6. The Morgan fingerprint density at radius 1 is 0.776 bits per heavy atom. The van der Waals surface area contributed by atoms with Crippen LogP contribution in [0.2, 0.25) is 15.1 Å². The zero-order chi connectivity index (χ0) is 34.5. The van der Waals surface area contributed by atoms with Gasteiger partial charge in [0.1, 0.15) is 11.8 Å². The normalized spacial score (nSPS) is 16.6. The summed E-state index contributed by atoms with van der Waals surface area (Å²) in [6, 6.07) is 21.4. The highest BCUT2D eigenvalue weighted by atomic mass is 79.9. The van der Waals surface area contributed by atoms with E-state index in [1.54, 1.807) is 36.4 Å². The second kappa shape index (κ2) is 15.9. The van der Waals surface area contributed by atoms with Gasteiger partial charge in [0.2, 0.25) is 0 Å². The second-order valence-electron chi connectivity index (χ2n) is 11.4. The lowest BCUT2D eigenvalue weighted by Crippen LogP contribution is -2.53. The predicted molar refractivity (Wildman–Crippen MR) is 183 cm³/mol. The number of rotatable bonds is 12. The first kappa shape index (κ1) is 35.8. The summed E-state index contributed by atoms with van der Waals surface area (Å²) in [7, 11) is 0. The van der Waals surface area contributed by atoms with Crippen molar-refractivity contribution in [2.24, 2.45) is 0 Å². The maximum Gasteiger partial charge on any atom is 0.311 e. The van der Waals surface area contributed by atoms with Crippen LogP contribution in [0.1, 0.15) is 41.1 Å². The Morgan fingerprint density at radius 2 is 1.35 bits per heavy atom. The van der Waals surface area contributed by atoms with E-state index in [4.69, 9.17) is 53.8 Å². The fourth-order valence-corrected chi connectivity index (χ4v) is 6.52. The number of halogens is 7. The molecule has 0 aliphatic carbocycles. The molecular weight excluding hydrogens is 770 g/mol. The molecule has 2 unspecified atom stereocenters. The van der Waals surface area contributed by atoms with Crippen LogP contribution in [0.4, 0.5) is 13.2 Å². The number of benzene rings is 4. The predicted octanol–water partition coefficient (Wildman–Crippen LogP) is 10.2. The number of aromatic amines is 1. The standard InChI is InChI=1S/C35H28BrCl3F3N3O4/c36-28-16-27(39)10-5-23(28)19-49-35(47-17-20-1-6-25(37)7-2-20,48-18-21-3-8-26(38)9-4-21)31-15-22(11-12-46-31)33-34(44-45-43-33)24-13-29(40)32(42)30(41)14-24/h1-10,13-14,16,22,31H,11-12,15,17-19H2,(H,43,44,45). The molecule has 2 atom stereocenters. The van der Waals surface area contributed by atoms with Gasteiger partial charge in [-0.1, -0.05) is 81.1 Å². The molecule has 2 heterocycles. The van der Waals surface area contributed by atoms with E-state index >= 15 is 0 Å². The van der Waals surface area contributed by atoms with Crippen molar-refractivity contribution in [2.45, 2.75) is 50.7 Å². The molecule has 0 saturated carbocycles. The number of aromatic nitrogens is 3. The van der Waals surface area contributed by atoms with Crippen molar-refractivity contribution in [1.29, 1.82) is 0 Å². The average molecular weight is 798 g/mol. The van der Waals surface area contributed by atoms with Crippen LogP contribution in [0.15, 0.2) is 83.3 Å². The van der Waals surface area contributed by atoms with Crippen molar-refractivity contribution >= 4 is 50.7 Å². The first-order chi connectivity index (χ1) is 23.6. The minimum atomic E-state index is -1.80. The van der Waals surface area contributed by atoms with E-state index in [2.05, 4.69) is 31.3 Å². The molecule has 1 N–H and O–H groups in total. The van der Waals surface area contributed by atoms with Crippen molar-refractivity contribution in [2.75, 3.05) is 6.61 Å². The molecule has 1 fully saturated rings. The maximum absolute atomic E-state index is 14.2. The van der Waals surface area contributed by atoms with Crippen LogP contribution in [0.5, 0.6) is 0 Å². The minimum absolute atomic E-state index is 0.0346. The van der Waals surface area contributed by atoms with Gasteiger partial charge in [0, 0.05) is 37.6 Å². The van der Waals surface area contributed by atoms with E-state index in [0.29, 0.717) is 27.2 Å². The monoisotopic (exact) mass is 795 g/mol. The summed E-state index contributed by atoms with van der Waals surface area (Å²) in [5.74, 6) is -6.38. The Balaban J connectivity index is 1.36. The van der Waals surface area contributed by atoms with Gasteiger partial charge in [-0.25, -0.2) is 13.2 Å². The number of hydrogen-bond donors (Lipinski definition) is 1. The molecule has 1 aliphatic rings. The average Bonchev–Trinajstić information content (AvgIpc) is 3.59. The van der Waals surface area contributed by atoms with Crippen molar-refractivity contribution in [3.05, 3.63) is 138 Å². The molecule has 4 aromatic carbocycles. The molecule has 1 aromatic heterocycles. The molecular formula is C35H28BrCl3F3N3O4. The summed E-state index contributed by atoms with van der Waals surface area (Å²) >= 11 is 22.0. The Morgan fingerprint density at radius 3 is 1.94 bits per heavy atom. The highest BCUT2D eigenvalue weighted by Crippen LogP contribution is 2.41. The zero-order valence-electron chi connectivity index (χ0n) is 25.6. The number of nitrogens with zero attached hydrogens (tertiary/aromatic N) is 2. The van der Waals surface area contributed by atoms with E-state index in [9.17, 15) is 13.2 Å². The fraction of sp³-hybridized carbons (Fsp3) is 0.257. The maximum atomic E-state index is 14.2. The summed E-state index contributed by atoms with van der Waals surface area (Å²) in [5, 5.41) is 12.7. The van der Waals surface area contributed by atoms with E-state index < -0.39 is 29.5 Å². The second-order valence-corrected chi connectivity index (χ2v) is 13.5. The van der Waals surface area contributed by atoms with Crippen molar-refractivity contribution in [1.82, 2.24) is 15.4 Å². The van der Waals surface area contributed by atoms with Crippen LogP contribution in [0, 0.1) is 17.5 Å². The molecule has 1 saturated heterocycles. The highest BCUT2D eigenvalue weighted by molar-refractivity contribution is 9.10. The minimum Gasteiger partial charge on any atom is -0.370 e. The third-order valence-electron chi connectivity index (χ3n) is 8.05. The van der Waals surface area contributed by atoms with E-state index in [-0.39, 0.29) is 50.0 Å². The van der Waals surface area contributed by atoms with Crippen LogP contribution in [0.25, 0.3) is 11.3 Å². The van der Waals surface area contributed by atoms with Crippen molar-refractivity contribution in [3.63, 3.8) is 0 Å². The lowest BCUT2D eigenvalue weighted by molar-refractivity contribution is -0.433. The molecule has 6 rings (SSSR count). The van der Waals surface area contributed by atoms with Gasteiger partial charge in [0.25, 0.3) is 0 Å². The van der Waals surface area contributed by atoms with Gasteiger partial charge in [0.15, 0.2) is 17.5 Å².